The first-order valence-corrected chi connectivity index (χ1v) is 9.81. The van der Waals surface area contributed by atoms with Crippen LogP contribution in [0.1, 0.15) is 48.5 Å². The Labute approximate surface area is 177 Å². The van der Waals surface area contributed by atoms with Gasteiger partial charge in [-0.05, 0) is 104 Å². The number of rotatable bonds is 4. The third-order valence-electron chi connectivity index (χ3n) is 5.43. The molecule has 0 N–H and O–H groups in total. The van der Waals surface area contributed by atoms with Crippen LogP contribution in [0.4, 0.5) is 0 Å². The molecule has 3 aromatic carbocycles. The normalized spacial score (nSPS) is 10.6. The summed E-state index contributed by atoms with van der Waals surface area (Å²) in [5, 5.41) is 0. The second kappa shape index (κ2) is 8.54. The van der Waals surface area contributed by atoms with Crippen LogP contribution in [0, 0.1) is 34.6 Å². The minimum atomic E-state index is -0.512. The molecule has 0 aliphatic carbocycles. The van der Waals surface area contributed by atoms with Crippen LogP contribution in [-0.4, -0.2) is 19.0 Å². The van der Waals surface area contributed by atoms with Gasteiger partial charge in [0.05, 0.1) is 18.2 Å². The molecule has 0 atom stereocenters. The van der Waals surface area contributed by atoms with Gasteiger partial charge >= 0.3 is 11.9 Å². The largest absolute Gasteiger partial charge is 0.465 e. The van der Waals surface area contributed by atoms with Gasteiger partial charge < -0.3 is 9.47 Å². The standard InChI is InChI=1S/C26H26O4/c1-15-10-22(11-16(2)19(15)5)23-12-17(3)24(18(4)13-23)30-26(28)21-9-7-8-20(14-21)25(27)29-6/h7-14H,1-6H3. The molecule has 0 saturated heterocycles. The fourth-order valence-corrected chi connectivity index (χ4v) is 3.52. The number of benzene rings is 3. The van der Waals surface area contributed by atoms with Crippen LogP contribution in [0.3, 0.4) is 0 Å². The minimum Gasteiger partial charge on any atom is -0.465 e. The van der Waals surface area contributed by atoms with Crippen LogP contribution in [0.5, 0.6) is 5.75 Å². The van der Waals surface area contributed by atoms with Gasteiger partial charge in [-0.25, -0.2) is 9.59 Å². The number of carbonyl (C=O) groups is 2. The van der Waals surface area contributed by atoms with E-state index in [9.17, 15) is 9.59 Å². The molecule has 0 amide bonds. The zero-order valence-electron chi connectivity index (χ0n) is 18.3. The highest BCUT2D eigenvalue weighted by Crippen LogP contribution is 2.32. The van der Waals surface area contributed by atoms with E-state index in [1.165, 1.54) is 29.9 Å². The summed E-state index contributed by atoms with van der Waals surface area (Å²) in [4.78, 5) is 24.4. The van der Waals surface area contributed by atoms with E-state index in [0.717, 1.165) is 22.3 Å². The molecule has 0 spiro atoms. The summed E-state index contributed by atoms with van der Waals surface area (Å²) in [6, 6.07) is 14.7. The number of esters is 2. The molecule has 0 aliphatic rings. The van der Waals surface area contributed by atoms with E-state index >= 15 is 0 Å². The lowest BCUT2D eigenvalue weighted by atomic mass is 9.94. The van der Waals surface area contributed by atoms with Gasteiger partial charge in [-0.15, -0.1) is 0 Å². The smallest absolute Gasteiger partial charge is 0.343 e. The van der Waals surface area contributed by atoms with Crippen molar-refractivity contribution >= 4 is 11.9 Å². The summed E-state index contributed by atoms with van der Waals surface area (Å²) in [6.07, 6.45) is 0. The first kappa shape index (κ1) is 21.3. The SMILES string of the molecule is COC(=O)c1cccc(C(=O)Oc2c(C)cc(-c3cc(C)c(C)c(C)c3)cc2C)c1. The Morgan fingerprint density at radius 2 is 1.13 bits per heavy atom. The Balaban J connectivity index is 1.91. The van der Waals surface area contributed by atoms with Crippen molar-refractivity contribution in [3.63, 3.8) is 0 Å². The Morgan fingerprint density at radius 3 is 1.63 bits per heavy atom. The van der Waals surface area contributed by atoms with Crippen LogP contribution in [0.15, 0.2) is 48.5 Å². The number of hydrogen-bond acceptors (Lipinski definition) is 4. The molecule has 0 heterocycles. The van der Waals surface area contributed by atoms with Crippen molar-refractivity contribution < 1.29 is 19.1 Å². The summed E-state index contributed by atoms with van der Waals surface area (Å²) < 4.78 is 10.4. The number of carbonyl (C=O) groups excluding carboxylic acids is 2. The van der Waals surface area contributed by atoms with Gasteiger partial charge in [0.15, 0.2) is 0 Å². The zero-order chi connectivity index (χ0) is 22.0. The molecule has 0 unspecified atom stereocenters. The van der Waals surface area contributed by atoms with E-state index in [-0.39, 0.29) is 0 Å². The molecular formula is C26H26O4. The number of aryl methyl sites for hydroxylation is 4. The van der Waals surface area contributed by atoms with Crippen molar-refractivity contribution in [2.24, 2.45) is 0 Å². The molecule has 4 nitrogen and oxygen atoms in total. The quantitative estimate of drug-likeness (QED) is 0.403. The molecule has 30 heavy (non-hydrogen) atoms. The van der Waals surface area contributed by atoms with E-state index in [4.69, 9.17) is 9.47 Å². The number of methoxy groups -OCH3 is 1. The molecule has 3 rings (SSSR count). The Bertz CT molecular complexity index is 1100. The minimum absolute atomic E-state index is 0.297. The van der Waals surface area contributed by atoms with Gasteiger partial charge in [0.1, 0.15) is 5.75 Å². The highest BCUT2D eigenvalue weighted by molar-refractivity contribution is 5.96. The lowest BCUT2D eigenvalue weighted by molar-refractivity contribution is 0.0600. The van der Waals surface area contributed by atoms with Crippen molar-refractivity contribution in [3.05, 3.63) is 87.5 Å². The van der Waals surface area contributed by atoms with Crippen LogP contribution in [0.25, 0.3) is 11.1 Å². The molecule has 0 aromatic heterocycles. The number of ether oxygens (including phenoxy) is 2. The Morgan fingerprint density at radius 1 is 0.667 bits per heavy atom. The average molecular weight is 402 g/mol. The first-order valence-electron chi connectivity index (χ1n) is 9.81. The van der Waals surface area contributed by atoms with Gasteiger partial charge in [0, 0.05) is 0 Å². The maximum atomic E-state index is 12.7. The summed E-state index contributed by atoms with van der Waals surface area (Å²) in [5.74, 6) is -0.473. The topological polar surface area (TPSA) is 52.6 Å². The molecule has 0 aliphatic heterocycles. The second-order valence-electron chi connectivity index (χ2n) is 7.64. The predicted octanol–water partition coefficient (Wildman–Crippen LogP) is 5.90. The maximum absolute atomic E-state index is 12.7. The lowest BCUT2D eigenvalue weighted by Gasteiger charge is -2.15. The third-order valence-corrected chi connectivity index (χ3v) is 5.43. The molecular weight excluding hydrogens is 376 g/mol. The highest BCUT2D eigenvalue weighted by Gasteiger charge is 2.16. The van der Waals surface area contributed by atoms with Crippen LogP contribution >= 0.6 is 0 Å². The van der Waals surface area contributed by atoms with Crippen molar-refractivity contribution in [3.8, 4) is 16.9 Å². The first-order chi connectivity index (χ1) is 14.2. The predicted molar refractivity (Wildman–Crippen MR) is 118 cm³/mol. The van der Waals surface area contributed by atoms with Crippen molar-refractivity contribution in [2.45, 2.75) is 34.6 Å². The van der Waals surface area contributed by atoms with E-state index in [1.54, 1.807) is 18.2 Å². The summed E-state index contributed by atoms with van der Waals surface area (Å²) in [7, 11) is 1.30. The average Bonchev–Trinajstić information content (AvgIpc) is 2.73. The van der Waals surface area contributed by atoms with Gasteiger partial charge in [-0.2, -0.15) is 0 Å². The summed E-state index contributed by atoms with van der Waals surface area (Å²) >= 11 is 0. The zero-order valence-corrected chi connectivity index (χ0v) is 18.3. The van der Waals surface area contributed by atoms with Gasteiger partial charge in [0.25, 0.3) is 0 Å². The van der Waals surface area contributed by atoms with Crippen LogP contribution in [-0.2, 0) is 4.74 Å². The summed E-state index contributed by atoms with van der Waals surface area (Å²) in [5.41, 5.74) is 8.38. The summed E-state index contributed by atoms with van der Waals surface area (Å²) in [6.45, 7) is 10.2. The molecule has 0 radical (unpaired) electrons. The van der Waals surface area contributed by atoms with Crippen molar-refractivity contribution in [1.82, 2.24) is 0 Å². The van der Waals surface area contributed by atoms with E-state index < -0.39 is 11.9 Å². The second-order valence-corrected chi connectivity index (χ2v) is 7.64. The van der Waals surface area contributed by atoms with E-state index in [0.29, 0.717) is 16.9 Å². The molecule has 4 heteroatoms. The van der Waals surface area contributed by atoms with Crippen LogP contribution in [0.2, 0.25) is 0 Å². The van der Waals surface area contributed by atoms with Crippen molar-refractivity contribution in [2.75, 3.05) is 7.11 Å². The van der Waals surface area contributed by atoms with Crippen LogP contribution < -0.4 is 4.74 Å². The molecule has 154 valence electrons. The lowest BCUT2D eigenvalue weighted by Crippen LogP contribution is -2.12. The number of hydrogen-bond donors (Lipinski definition) is 0. The van der Waals surface area contributed by atoms with E-state index in [2.05, 4.69) is 32.9 Å². The highest BCUT2D eigenvalue weighted by atomic mass is 16.5. The van der Waals surface area contributed by atoms with Gasteiger partial charge in [0.2, 0.25) is 0 Å². The molecule has 0 fully saturated rings. The molecule has 0 saturated carbocycles. The Kier molecular flexibility index (Phi) is 6.06. The van der Waals surface area contributed by atoms with Gasteiger partial charge in [-0.1, -0.05) is 18.2 Å². The maximum Gasteiger partial charge on any atom is 0.343 e. The Hall–Kier alpha value is -3.40. The molecule has 0 bridgehead atoms. The fourth-order valence-electron chi connectivity index (χ4n) is 3.52. The monoisotopic (exact) mass is 402 g/mol. The van der Waals surface area contributed by atoms with E-state index in [1.807, 2.05) is 26.0 Å². The molecule has 3 aromatic rings. The fraction of sp³-hybridized carbons (Fsp3) is 0.231. The van der Waals surface area contributed by atoms with Gasteiger partial charge in [-0.3, -0.25) is 0 Å². The third kappa shape index (κ3) is 4.28. The van der Waals surface area contributed by atoms with Crippen molar-refractivity contribution in [1.29, 1.82) is 0 Å².